The quantitative estimate of drug-likeness (QED) is 0.124. The first-order chi connectivity index (χ1) is 13.3. The monoisotopic (exact) mass is 520 g/mol. The Bertz CT molecular complexity index is 843. The zero-order valence-corrected chi connectivity index (χ0v) is 19.2. The van der Waals surface area contributed by atoms with Crippen LogP contribution >= 0.6 is 59.5 Å². The minimum absolute atomic E-state index is 0. The van der Waals surface area contributed by atoms with Gasteiger partial charge in [0.05, 0.1) is 6.54 Å². The Hall–Kier alpha value is -1.51. The number of nitrogens with zero attached hydrogens (tertiary/aromatic N) is 3. The number of aromatic nitrogens is 1. The van der Waals surface area contributed by atoms with Crippen LogP contribution in [0.15, 0.2) is 10.5 Å². The van der Waals surface area contributed by atoms with Crippen molar-refractivity contribution in [1.82, 2.24) is 15.2 Å². The Morgan fingerprint density at radius 1 is 1.50 bits per heavy atom. The van der Waals surface area contributed by atoms with Crippen LogP contribution in [-0.2, 0) is 19.2 Å². The van der Waals surface area contributed by atoms with Crippen molar-refractivity contribution >= 4 is 88.1 Å². The summed E-state index contributed by atoms with van der Waals surface area (Å²) in [5.74, 6) is -2.17. The molecule has 3 rings (SSSR count). The van der Waals surface area contributed by atoms with Gasteiger partial charge in [0, 0.05) is 17.7 Å². The molecule has 2 unspecified atom stereocenters. The first kappa shape index (κ1) is 26.5. The summed E-state index contributed by atoms with van der Waals surface area (Å²) in [4.78, 5) is 45.2. The Balaban J connectivity index is 0.00000225. The second-order valence-corrected chi connectivity index (χ2v) is 8.74. The molecule has 168 valence electrons. The maximum absolute atomic E-state index is 12.7. The van der Waals surface area contributed by atoms with E-state index in [0.717, 1.165) is 11.3 Å². The van der Waals surface area contributed by atoms with E-state index in [-0.39, 0.29) is 66.8 Å². The lowest BCUT2D eigenvalue weighted by molar-refractivity contribution is -0.151. The molecule has 3 atom stereocenters. The molecule has 2 aliphatic rings. The first-order valence-electron chi connectivity index (χ1n) is 8.03. The molecule has 0 aromatic carbocycles. The number of thiazole rings is 1. The molecule has 0 radical (unpaired) electrons. The minimum Gasteiger partial charge on any atom is -0.480 e. The number of alkyl halides is 1. The normalized spacial score (nSPS) is 25.2. The number of oxime groups is 1. The molecule has 11 nitrogen and oxygen atoms in total. The van der Waals surface area contributed by atoms with Crippen LogP contribution in [0.25, 0.3) is 0 Å². The summed E-state index contributed by atoms with van der Waals surface area (Å²) in [6.07, 6.45) is 0. The second kappa shape index (κ2) is 10.7. The van der Waals surface area contributed by atoms with Crippen LogP contribution < -0.4 is 16.8 Å². The molecule has 30 heavy (non-hydrogen) atoms. The van der Waals surface area contributed by atoms with E-state index in [4.69, 9.17) is 27.9 Å². The first-order valence-corrected chi connectivity index (χ1v) is 10.3. The third-order valence-electron chi connectivity index (χ3n) is 4.06. The summed E-state index contributed by atoms with van der Waals surface area (Å²) in [6.45, 7) is 0.171. The maximum Gasteiger partial charge on any atom is 0.327 e. The van der Waals surface area contributed by atoms with E-state index < -0.39 is 34.1 Å². The van der Waals surface area contributed by atoms with Gasteiger partial charge >= 0.3 is 5.97 Å². The van der Waals surface area contributed by atoms with Crippen LogP contribution in [0.2, 0.25) is 0 Å². The van der Waals surface area contributed by atoms with E-state index in [1.807, 2.05) is 0 Å². The average Bonchev–Trinajstić information content (AvgIpc) is 3.09. The van der Waals surface area contributed by atoms with Crippen molar-refractivity contribution in [2.45, 2.75) is 16.3 Å². The van der Waals surface area contributed by atoms with Gasteiger partial charge in [-0.2, -0.15) is 0 Å². The molecule has 6 N–H and O–H groups in total. The molecule has 3 heterocycles. The minimum atomic E-state index is -1.54. The number of β-lactam (4-membered cyclic amide) rings is 1. The number of nitrogen functional groups attached to an aromatic ring is 1. The smallest absolute Gasteiger partial charge is 0.327 e. The fourth-order valence-corrected chi connectivity index (χ4v) is 4.90. The molecule has 1 aromatic rings. The van der Waals surface area contributed by atoms with Crippen LogP contribution in [0, 0.1) is 0 Å². The van der Waals surface area contributed by atoms with Crippen molar-refractivity contribution in [2.24, 2.45) is 10.9 Å². The van der Waals surface area contributed by atoms with Crippen molar-refractivity contribution < 1.29 is 24.3 Å². The summed E-state index contributed by atoms with van der Waals surface area (Å²) < 4.78 is 0. The number of nitrogens with two attached hydrogens (primary N) is 2. The van der Waals surface area contributed by atoms with Gasteiger partial charge in [-0.05, 0) is 0 Å². The zero-order chi connectivity index (χ0) is 20.5. The molecule has 16 heteroatoms. The van der Waals surface area contributed by atoms with Gasteiger partial charge < -0.3 is 31.6 Å². The van der Waals surface area contributed by atoms with Gasteiger partial charge in [-0.3, -0.25) is 14.4 Å². The number of halogens is 3. The predicted molar refractivity (Wildman–Crippen MR) is 119 cm³/mol. The predicted octanol–water partition coefficient (Wildman–Crippen LogP) is -0.290. The van der Waals surface area contributed by atoms with Crippen LogP contribution in [0.4, 0.5) is 5.13 Å². The average molecular weight is 522 g/mol. The number of carboxylic acids is 1. The lowest BCUT2D eigenvalue weighted by Crippen LogP contribution is -2.74. The number of thioether (sulfide) groups is 1. The molecular weight excluding hydrogens is 503 g/mol. The number of hydrogen-bond donors (Lipinski definition) is 4. The Morgan fingerprint density at radius 3 is 2.77 bits per heavy atom. The fourth-order valence-electron chi connectivity index (χ4n) is 2.65. The highest BCUT2D eigenvalue weighted by Gasteiger charge is 2.57. The lowest BCUT2D eigenvalue weighted by Gasteiger charge is -2.52. The van der Waals surface area contributed by atoms with Crippen molar-refractivity contribution in [3.05, 3.63) is 11.1 Å². The van der Waals surface area contributed by atoms with Gasteiger partial charge in [-0.15, -0.1) is 59.5 Å². The summed E-state index contributed by atoms with van der Waals surface area (Å²) in [5, 5.41) is 17.0. The van der Waals surface area contributed by atoms with Crippen molar-refractivity contribution in [3.63, 3.8) is 0 Å². The second-order valence-electron chi connectivity index (χ2n) is 6.02. The van der Waals surface area contributed by atoms with Gasteiger partial charge in [-0.1, -0.05) is 5.16 Å². The number of hydrogen-bond acceptors (Lipinski definition) is 10. The molecule has 2 amide bonds. The van der Waals surface area contributed by atoms with Crippen LogP contribution in [0.5, 0.6) is 0 Å². The zero-order valence-electron chi connectivity index (χ0n) is 15.1. The van der Waals surface area contributed by atoms with E-state index in [0.29, 0.717) is 0 Å². The van der Waals surface area contributed by atoms with Crippen LogP contribution in [-0.4, -0.2) is 80.2 Å². The molecule has 0 spiro atoms. The van der Waals surface area contributed by atoms with E-state index in [1.165, 1.54) is 16.7 Å². The number of carbonyl (C=O) groups is 3. The molecular formula is C14H19Cl3N6O5S2. The number of rotatable bonds is 7. The third kappa shape index (κ3) is 5.21. The van der Waals surface area contributed by atoms with Crippen LogP contribution in [0.3, 0.4) is 0 Å². The topological polar surface area (TPSA) is 173 Å². The number of nitrogens with one attached hydrogen (secondary N) is 1. The Kier molecular flexibility index (Phi) is 9.45. The number of fused-ring (bicyclic) bond motifs is 1. The maximum atomic E-state index is 12.7. The third-order valence-corrected chi connectivity index (χ3v) is 6.83. The largest absolute Gasteiger partial charge is 0.480 e. The van der Waals surface area contributed by atoms with E-state index >= 15 is 0 Å². The van der Waals surface area contributed by atoms with Crippen molar-refractivity contribution in [1.29, 1.82) is 0 Å². The summed E-state index contributed by atoms with van der Waals surface area (Å²) in [7, 11) is 0. The van der Waals surface area contributed by atoms with Gasteiger partial charge in [-0.25, -0.2) is 4.98 Å². The highest BCUT2D eigenvalue weighted by atomic mass is 35.5. The van der Waals surface area contributed by atoms with Crippen molar-refractivity contribution in [3.8, 4) is 0 Å². The molecule has 2 saturated heterocycles. The number of aliphatic carboxylic acids is 1. The standard InChI is InChI=1S/C14H17ClN6O5S2.2ClH/c15-14(12(24)25)4-21-10(23)8(11(21)28-5-14)19-9(22)7(20-26-2-1-16)6-3-27-13(17)18-6;;/h3,8,11H,1-2,4-5,16H2,(H2,17,18)(H,19,22)(H,24,25);2*1H/t8?,11-,14?;;/m1../s1. The highest BCUT2D eigenvalue weighted by molar-refractivity contribution is 8.00. The van der Waals surface area contributed by atoms with Gasteiger partial charge in [0.15, 0.2) is 15.7 Å². The molecule has 0 saturated carbocycles. The molecule has 1 aromatic heterocycles. The SMILES string of the molecule is Cl.Cl.NCCON=C(C(=O)NC1C(=O)N2CC(Cl)(C(=O)O)CS[C@H]12)c1csc(N)n1. The fraction of sp³-hybridized carbons (Fsp3) is 0.500. The Morgan fingerprint density at radius 2 is 2.20 bits per heavy atom. The van der Waals surface area contributed by atoms with E-state index in [9.17, 15) is 19.5 Å². The lowest BCUT2D eigenvalue weighted by atomic mass is 10.0. The van der Waals surface area contributed by atoms with E-state index in [1.54, 1.807) is 5.38 Å². The number of amides is 2. The molecule has 2 aliphatic heterocycles. The number of anilines is 1. The molecule has 2 fully saturated rings. The molecule has 0 bridgehead atoms. The van der Waals surface area contributed by atoms with Crippen LogP contribution in [0.1, 0.15) is 5.69 Å². The number of carboxylic acid groups (broad SMARTS) is 1. The van der Waals surface area contributed by atoms with Gasteiger partial charge in [0.2, 0.25) is 5.91 Å². The molecule has 0 aliphatic carbocycles. The highest BCUT2D eigenvalue weighted by Crippen LogP contribution is 2.41. The summed E-state index contributed by atoms with van der Waals surface area (Å²) in [5.41, 5.74) is 11.0. The summed E-state index contributed by atoms with van der Waals surface area (Å²) >= 11 is 8.38. The van der Waals surface area contributed by atoms with Gasteiger partial charge in [0.1, 0.15) is 23.7 Å². The van der Waals surface area contributed by atoms with Gasteiger partial charge in [0.25, 0.3) is 5.91 Å². The van der Waals surface area contributed by atoms with Crippen molar-refractivity contribution in [2.75, 3.05) is 31.2 Å². The summed E-state index contributed by atoms with van der Waals surface area (Å²) in [6, 6.07) is -0.830. The number of carbonyl (C=O) groups excluding carboxylic acids is 2. The van der Waals surface area contributed by atoms with E-state index in [2.05, 4.69) is 15.5 Å². The Labute approximate surface area is 196 Å².